The first kappa shape index (κ1) is 23.2. The molecule has 10 heteroatoms. The van der Waals surface area contributed by atoms with Crippen LogP contribution in [0.25, 0.3) is 0 Å². The Hall–Kier alpha value is -2.06. The molecule has 0 saturated carbocycles. The zero-order valence-electron chi connectivity index (χ0n) is 16.1. The quantitative estimate of drug-likeness (QED) is 0.495. The molecule has 0 spiro atoms. The molecule has 0 atom stereocenters. The number of carbonyl (C=O) groups excluding carboxylic acids is 3. The highest BCUT2D eigenvalue weighted by molar-refractivity contribution is 6.36. The number of hydrogen-bond acceptors (Lipinski definition) is 4. The van der Waals surface area contributed by atoms with Crippen molar-refractivity contribution in [3.8, 4) is 0 Å². The molecule has 1 heterocycles. The predicted octanol–water partition coefficient (Wildman–Crippen LogP) is 3.38. The molecule has 1 saturated heterocycles. The second-order valence-corrected chi connectivity index (χ2v) is 7.45. The summed E-state index contributed by atoms with van der Waals surface area (Å²) < 4.78 is 18.5. The first-order chi connectivity index (χ1) is 13.8. The number of halogens is 3. The number of nitrogens with zero attached hydrogens (tertiary/aromatic N) is 1. The number of hydrogen-bond donors (Lipinski definition) is 2. The van der Waals surface area contributed by atoms with E-state index in [0.717, 1.165) is 6.07 Å². The lowest BCUT2D eigenvalue weighted by Crippen LogP contribution is -2.46. The monoisotopic (exact) mass is 447 g/mol. The van der Waals surface area contributed by atoms with Crippen molar-refractivity contribution in [1.29, 1.82) is 0 Å². The predicted molar refractivity (Wildman–Crippen MR) is 108 cm³/mol. The molecule has 0 bridgehead atoms. The smallest absolute Gasteiger partial charge is 0.409 e. The Morgan fingerprint density at radius 2 is 1.90 bits per heavy atom. The minimum Gasteiger partial charge on any atom is -0.450 e. The lowest BCUT2D eigenvalue weighted by atomic mass is 10.1. The van der Waals surface area contributed by atoms with E-state index in [1.54, 1.807) is 11.8 Å². The lowest BCUT2D eigenvalue weighted by molar-refractivity contribution is -0.122. The third kappa shape index (κ3) is 7.04. The molecule has 3 amide bonds. The standard InChI is InChI=1S/C19H24Cl2FN3O4/c1-2-29-19(28)25-8-5-12(6-9-25)24-17(26)4-3-7-23-18(27)13-10-16(22)15(21)11-14(13)20/h10-12H,2-9H2,1H3,(H,23,27)(H,24,26). The number of ether oxygens (including phenoxy) is 1. The number of likely N-dealkylation sites (tertiary alicyclic amines) is 1. The second kappa shape index (κ2) is 11.2. The van der Waals surface area contributed by atoms with Gasteiger partial charge >= 0.3 is 6.09 Å². The van der Waals surface area contributed by atoms with Crippen LogP contribution in [0.5, 0.6) is 0 Å². The SMILES string of the molecule is CCOC(=O)N1CCC(NC(=O)CCCNC(=O)c2cc(F)c(Cl)cc2Cl)CC1. The van der Waals surface area contributed by atoms with Crippen molar-refractivity contribution in [2.45, 2.75) is 38.6 Å². The fourth-order valence-corrected chi connectivity index (χ4v) is 3.43. The molecule has 29 heavy (non-hydrogen) atoms. The van der Waals surface area contributed by atoms with Gasteiger partial charge in [-0.2, -0.15) is 0 Å². The normalized spacial score (nSPS) is 14.4. The molecular weight excluding hydrogens is 424 g/mol. The van der Waals surface area contributed by atoms with Crippen molar-refractivity contribution in [2.75, 3.05) is 26.2 Å². The maximum Gasteiger partial charge on any atom is 0.409 e. The zero-order chi connectivity index (χ0) is 21.4. The van der Waals surface area contributed by atoms with Gasteiger partial charge in [-0.15, -0.1) is 0 Å². The van der Waals surface area contributed by atoms with E-state index in [0.29, 0.717) is 39.0 Å². The van der Waals surface area contributed by atoms with E-state index in [1.807, 2.05) is 0 Å². The number of amides is 3. The van der Waals surface area contributed by atoms with E-state index in [4.69, 9.17) is 27.9 Å². The van der Waals surface area contributed by atoms with Crippen LogP contribution in [0, 0.1) is 5.82 Å². The van der Waals surface area contributed by atoms with Gasteiger partial charge in [0.15, 0.2) is 0 Å². The van der Waals surface area contributed by atoms with Crippen LogP contribution in [0.3, 0.4) is 0 Å². The summed E-state index contributed by atoms with van der Waals surface area (Å²) in [5, 5.41) is 5.44. The van der Waals surface area contributed by atoms with E-state index in [9.17, 15) is 18.8 Å². The summed E-state index contributed by atoms with van der Waals surface area (Å²) in [4.78, 5) is 37.4. The lowest BCUT2D eigenvalue weighted by Gasteiger charge is -2.31. The van der Waals surface area contributed by atoms with E-state index in [2.05, 4.69) is 10.6 Å². The van der Waals surface area contributed by atoms with Gasteiger partial charge in [-0.3, -0.25) is 9.59 Å². The third-order valence-electron chi connectivity index (χ3n) is 4.51. The van der Waals surface area contributed by atoms with Crippen LogP contribution in [-0.2, 0) is 9.53 Å². The average molecular weight is 448 g/mol. The van der Waals surface area contributed by atoms with Crippen LogP contribution in [0.1, 0.15) is 43.0 Å². The van der Waals surface area contributed by atoms with Gasteiger partial charge in [0.05, 0.1) is 22.2 Å². The summed E-state index contributed by atoms with van der Waals surface area (Å²) in [6.07, 6.45) is 1.67. The van der Waals surface area contributed by atoms with Crippen molar-refractivity contribution in [3.05, 3.63) is 33.6 Å². The first-order valence-corrected chi connectivity index (χ1v) is 10.2. The maximum absolute atomic E-state index is 13.5. The van der Waals surface area contributed by atoms with Crippen molar-refractivity contribution < 1.29 is 23.5 Å². The minimum atomic E-state index is -0.727. The van der Waals surface area contributed by atoms with Crippen LogP contribution < -0.4 is 10.6 Å². The van der Waals surface area contributed by atoms with Crippen molar-refractivity contribution in [2.24, 2.45) is 0 Å². The van der Waals surface area contributed by atoms with Crippen LogP contribution in [0.2, 0.25) is 10.0 Å². The van der Waals surface area contributed by atoms with Crippen LogP contribution in [0.4, 0.5) is 9.18 Å². The van der Waals surface area contributed by atoms with Gasteiger partial charge < -0.3 is 20.3 Å². The molecule has 1 aromatic rings. The number of carbonyl (C=O) groups is 3. The van der Waals surface area contributed by atoms with Crippen molar-refractivity contribution in [3.63, 3.8) is 0 Å². The fourth-order valence-electron chi connectivity index (χ4n) is 2.96. The summed E-state index contributed by atoms with van der Waals surface area (Å²) in [6.45, 7) is 3.42. The molecule has 2 N–H and O–H groups in total. The molecule has 2 rings (SSSR count). The van der Waals surface area contributed by atoms with Gasteiger partial charge in [-0.05, 0) is 38.3 Å². The molecule has 0 aliphatic carbocycles. The highest BCUT2D eigenvalue weighted by atomic mass is 35.5. The number of rotatable bonds is 7. The van der Waals surface area contributed by atoms with E-state index in [-0.39, 0.29) is 46.6 Å². The molecule has 0 radical (unpaired) electrons. The molecule has 1 aliphatic rings. The van der Waals surface area contributed by atoms with Gasteiger partial charge in [0.2, 0.25) is 5.91 Å². The Bertz CT molecular complexity index is 755. The molecule has 0 unspecified atom stereocenters. The molecule has 7 nitrogen and oxygen atoms in total. The average Bonchev–Trinajstić information content (AvgIpc) is 2.68. The summed E-state index contributed by atoms with van der Waals surface area (Å²) in [7, 11) is 0. The zero-order valence-corrected chi connectivity index (χ0v) is 17.6. The van der Waals surface area contributed by atoms with Gasteiger partial charge in [0.1, 0.15) is 5.82 Å². The Kier molecular flexibility index (Phi) is 8.98. The van der Waals surface area contributed by atoms with Gasteiger partial charge in [0, 0.05) is 32.1 Å². The topological polar surface area (TPSA) is 87.7 Å². The van der Waals surface area contributed by atoms with Crippen LogP contribution >= 0.6 is 23.2 Å². The van der Waals surface area contributed by atoms with Gasteiger partial charge in [-0.25, -0.2) is 9.18 Å². The Balaban J connectivity index is 1.66. The van der Waals surface area contributed by atoms with Crippen molar-refractivity contribution >= 4 is 41.1 Å². The van der Waals surface area contributed by atoms with E-state index >= 15 is 0 Å². The van der Waals surface area contributed by atoms with Gasteiger partial charge in [-0.1, -0.05) is 23.2 Å². The number of nitrogens with one attached hydrogen (secondary N) is 2. The summed E-state index contributed by atoms with van der Waals surface area (Å²) in [6, 6.07) is 2.17. The molecule has 1 aliphatic heterocycles. The summed E-state index contributed by atoms with van der Waals surface area (Å²) >= 11 is 11.5. The third-order valence-corrected chi connectivity index (χ3v) is 5.11. The first-order valence-electron chi connectivity index (χ1n) is 9.45. The molecule has 160 valence electrons. The maximum atomic E-state index is 13.5. The van der Waals surface area contributed by atoms with Crippen LogP contribution in [-0.4, -0.2) is 55.1 Å². The largest absolute Gasteiger partial charge is 0.450 e. The van der Waals surface area contributed by atoms with E-state index < -0.39 is 11.7 Å². The molecule has 1 aromatic carbocycles. The number of piperidine rings is 1. The molecular formula is C19H24Cl2FN3O4. The Morgan fingerprint density at radius 1 is 1.21 bits per heavy atom. The second-order valence-electron chi connectivity index (χ2n) is 6.63. The summed E-state index contributed by atoms with van der Waals surface area (Å²) in [5.74, 6) is -1.38. The Labute approximate surface area is 178 Å². The van der Waals surface area contributed by atoms with Gasteiger partial charge in [0.25, 0.3) is 5.91 Å². The molecule has 1 fully saturated rings. The molecule has 0 aromatic heterocycles. The van der Waals surface area contributed by atoms with Crippen molar-refractivity contribution in [1.82, 2.24) is 15.5 Å². The highest BCUT2D eigenvalue weighted by Crippen LogP contribution is 2.24. The highest BCUT2D eigenvalue weighted by Gasteiger charge is 2.24. The minimum absolute atomic E-state index is 0.00798. The fraction of sp³-hybridized carbons (Fsp3) is 0.526. The number of benzene rings is 1. The Morgan fingerprint density at radius 3 is 2.55 bits per heavy atom. The van der Waals surface area contributed by atoms with E-state index in [1.165, 1.54) is 6.07 Å². The summed E-state index contributed by atoms with van der Waals surface area (Å²) in [5.41, 5.74) is -0.00798. The van der Waals surface area contributed by atoms with Crippen LogP contribution in [0.15, 0.2) is 12.1 Å².